The molecule has 1 nitrogen and oxygen atoms in total. The van der Waals surface area contributed by atoms with Gasteiger partial charge in [0.15, 0.2) is 0 Å². The number of hydrogen-bond donors (Lipinski definition) is 1. The van der Waals surface area contributed by atoms with E-state index in [1.165, 1.54) is 37.0 Å². The molecule has 0 radical (unpaired) electrons. The van der Waals surface area contributed by atoms with Crippen molar-refractivity contribution < 1.29 is 5.11 Å². The molecule has 0 amide bonds. The Hall–Kier alpha value is -0.0500. The Kier molecular flexibility index (Phi) is 3.17. The van der Waals surface area contributed by atoms with Crippen molar-refractivity contribution in [2.75, 3.05) is 0 Å². The summed E-state index contributed by atoms with van der Waals surface area (Å²) in [7, 11) is 0. The first-order chi connectivity index (χ1) is 9.19. The molecule has 3 heteroatoms. The Morgan fingerprint density at radius 2 is 1.74 bits per heavy atom. The third-order valence-electron chi connectivity index (χ3n) is 5.78. The zero-order chi connectivity index (χ0) is 13.0. The average Bonchev–Trinajstić information content (AvgIpc) is 2.73. The van der Waals surface area contributed by atoms with E-state index < -0.39 is 0 Å². The Labute approximate surface area is 124 Å². The highest BCUT2D eigenvalue weighted by molar-refractivity contribution is 7.16. The van der Waals surface area contributed by atoms with Gasteiger partial charge in [-0.1, -0.05) is 11.6 Å². The molecule has 104 valence electrons. The predicted octanol–water partition coefficient (Wildman–Crippen LogP) is 4.38. The number of thiophene rings is 1. The summed E-state index contributed by atoms with van der Waals surface area (Å²) < 4.78 is 0.840. The molecular formula is C16H21ClOS. The van der Waals surface area contributed by atoms with Crippen molar-refractivity contribution in [3.05, 3.63) is 21.3 Å². The second kappa shape index (κ2) is 4.75. The molecule has 5 rings (SSSR count). The van der Waals surface area contributed by atoms with Crippen LogP contribution in [0.25, 0.3) is 0 Å². The van der Waals surface area contributed by atoms with Gasteiger partial charge in [-0.3, -0.25) is 0 Å². The molecule has 4 saturated carbocycles. The second-order valence-corrected chi connectivity index (χ2v) is 8.78. The largest absolute Gasteiger partial charge is 0.392 e. The van der Waals surface area contributed by atoms with Gasteiger partial charge in [-0.15, -0.1) is 11.3 Å². The van der Waals surface area contributed by atoms with E-state index in [1.54, 1.807) is 11.3 Å². The molecule has 19 heavy (non-hydrogen) atoms. The summed E-state index contributed by atoms with van der Waals surface area (Å²) in [5, 5.41) is 10.7. The van der Waals surface area contributed by atoms with E-state index in [4.69, 9.17) is 11.6 Å². The highest BCUT2D eigenvalue weighted by Crippen LogP contribution is 2.57. The molecule has 4 fully saturated rings. The van der Waals surface area contributed by atoms with Crippen molar-refractivity contribution in [3.63, 3.8) is 0 Å². The van der Waals surface area contributed by atoms with Crippen molar-refractivity contribution in [1.29, 1.82) is 0 Å². The van der Waals surface area contributed by atoms with Crippen LogP contribution in [-0.2, 0) is 6.42 Å². The molecule has 1 aromatic rings. The fourth-order valence-electron chi connectivity index (χ4n) is 5.40. The highest BCUT2D eigenvalue weighted by atomic mass is 35.5. The number of rotatable bonds is 3. The van der Waals surface area contributed by atoms with Crippen LogP contribution in [0, 0.1) is 29.6 Å². The van der Waals surface area contributed by atoms with Gasteiger partial charge in [-0.05, 0) is 73.8 Å². The molecule has 4 aliphatic rings. The van der Waals surface area contributed by atoms with Gasteiger partial charge in [0.25, 0.3) is 0 Å². The average molecular weight is 297 g/mol. The number of halogens is 1. The lowest BCUT2D eigenvalue weighted by atomic mass is 9.50. The summed E-state index contributed by atoms with van der Waals surface area (Å²) in [5.41, 5.74) is 0. The first-order valence-electron chi connectivity index (χ1n) is 7.61. The molecule has 0 saturated heterocycles. The van der Waals surface area contributed by atoms with Crippen LogP contribution in [0.3, 0.4) is 0 Å². The first kappa shape index (κ1) is 12.7. The summed E-state index contributed by atoms with van der Waals surface area (Å²) in [6.07, 6.45) is 7.70. The predicted molar refractivity (Wildman–Crippen MR) is 79.6 cm³/mol. The molecule has 1 unspecified atom stereocenters. The lowest BCUT2D eigenvalue weighted by molar-refractivity contribution is -0.0885. The van der Waals surface area contributed by atoms with E-state index in [9.17, 15) is 5.11 Å². The van der Waals surface area contributed by atoms with Crippen LogP contribution in [0.15, 0.2) is 12.1 Å². The monoisotopic (exact) mass is 296 g/mol. The van der Waals surface area contributed by atoms with Crippen molar-refractivity contribution >= 4 is 22.9 Å². The second-order valence-electron chi connectivity index (χ2n) is 6.99. The first-order valence-corrected chi connectivity index (χ1v) is 8.80. The van der Waals surface area contributed by atoms with E-state index in [-0.39, 0.29) is 6.10 Å². The van der Waals surface area contributed by atoms with Crippen molar-refractivity contribution in [3.8, 4) is 0 Å². The normalized spacial score (nSPS) is 41.7. The van der Waals surface area contributed by atoms with Crippen LogP contribution in [0.2, 0.25) is 4.34 Å². The van der Waals surface area contributed by atoms with Gasteiger partial charge in [0.1, 0.15) is 0 Å². The zero-order valence-corrected chi connectivity index (χ0v) is 12.7. The summed E-state index contributed by atoms with van der Waals surface area (Å²) in [6.45, 7) is 0. The SMILES string of the molecule is OC(Cc1ccc(Cl)s1)C1C2CC3CC(C2)CC1C3. The number of aliphatic hydroxyl groups excluding tert-OH is 1. The van der Waals surface area contributed by atoms with Crippen molar-refractivity contribution in [2.45, 2.75) is 44.6 Å². The van der Waals surface area contributed by atoms with Gasteiger partial charge in [0, 0.05) is 11.3 Å². The van der Waals surface area contributed by atoms with Crippen LogP contribution < -0.4 is 0 Å². The maximum absolute atomic E-state index is 10.7. The van der Waals surface area contributed by atoms with Crippen LogP contribution in [0.5, 0.6) is 0 Å². The van der Waals surface area contributed by atoms with Crippen LogP contribution in [0.4, 0.5) is 0 Å². The number of aliphatic hydroxyl groups is 1. The van der Waals surface area contributed by atoms with Gasteiger partial charge in [-0.2, -0.15) is 0 Å². The Balaban J connectivity index is 1.49. The molecule has 0 spiro atoms. The Morgan fingerprint density at radius 1 is 1.11 bits per heavy atom. The van der Waals surface area contributed by atoms with Crippen molar-refractivity contribution in [1.82, 2.24) is 0 Å². The maximum Gasteiger partial charge on any atom is 0.0931 e. The summed E-state index contributed by atoms with van der Waals surface area (Å²) in [6, 6.07) is 4.03. The molecule has 0 aliphatic heterocycles. The summed E-state index contributed by atoms with van der Waals surface area (Å²) >= 11 is 7.61. The fourth-order valence-corrected chi connectivity index (χ4v) is 6.54. The van der Waals surface area contributed by atoms with Crippen LogP contribution in [-0.4, -0.2) is 11.2 Å². The molecule has 4 bridgehead atoms. The van der Waals surface area contributed by atoms with Gasteiger partial charge < -0.3 is 5.11 Å². The van der Waals surface area contributed by atoms with Gasteiger partial charge >= 0.3 is 0 Å². The third kappa shape index (κ3) is 2.26. The Morgan fingerprint density at radius 3 is 2.26 bits per heavy atom. The molecule has 0 aromatic carbocycles. The third-order valence-corrected chi connectivity index (χ3v) is 7.04. The van der Waals surface area contributed by atoms with Crippen LogP contribution in [0.1, 0.15) is 37.0 Å². The summed E-state index contributed by atoms with van der Waals surface area (Å²) in [4.78, 5) is 1.24. The number of hydrogen-bond acceptors (Lipinski definition) is 2. The van der Waals surface area contributed by atoms with Crippen LogP contribution >= 0.6 is 22.9 Å². The molecule has 1 aromatic heterocycles. The molecule has 4 aliphatic carbocycles. The minimum absolute atomic E-state index is 0.148. The lowest BCUT2D eigenvalue weighted by Gasteiger charge is -2.55. The standard InChI is InChI=1S/C16H21ClOS/c17-15-2-1-13(19-15)8-14(18)16-11-4-9-3-10(6-11)7-12(16)5-9/h1-2,9-12,14,16,18H,3-8H2. The summed E-state index contributed by atoms with van der Waals surface area (Å²) in [5.74, 6) is 4.15. The molecular weight excluding hydrogens is 276 g/mol. The molecule has 1 N–H and O–H groups in total. The molecule has 1 atom stereocenters. The lowest BCUT2D eigenvalue weighted by Crippen LogP contribution is -2.49. The zero-order valence-electron chi connectivity index (χ0n) is 11.1. The van der Waals surface area contributed by atoms with Crippen molar-refractivity contribution in [2.24, 2.45) is 29.6 Å². The Bertz CT molecular complexity index is 441. The maximum atomic E-state index is 10.7. The van der Waals surface area contributed by atoms with E-state index in [0.29, 0.717) is 5.92 Å². The minimum Gasteiger partial charge on any atom is -0.392 e. The van der Waals surface area contributed by atoms with E-state index in [1.807, 2.05) is 6.07 Å². The van der Waals surface area contributed by atoms with E-state index >= 15 is 0 Å². The highest BCUT2D eigenvalue weighted by Gasteiger charge is 2.50. The molecule has 1 heterocycles. The quantitative estimate of drug-likeness (QED) is 0.878. The van der Waals surface area contributed by atoms with Gasteiger partial charge in [0.05, 0.1) is 10.4 Å². The van der Waals surface area contributed by atoms with Gasteiger partial charge in [0.2, 0.25) is 0 Å². The van der Waals surface area contributed by atoms with Gasteiger partial charge in [-0.25, -0.2) is 0 Å². The van der Waals surface area contributed by atoms with E-state index in [2.05, 4.69) is 6.07 Å². The topological polar surface area (TPSA) is 20.2 Å². The minimum atomic E-state index is -0.148. The smallest absolute Gasteiger partial charge is 0.0931 e. The van der Waals surface area contributed by atoms with E-state index in [0.717, 1.165) is 34.4 Å². The fraction of sp³-hybridized carbons (Fsp3) is 0.750.